The molecule has 0 atom stereocenters. The molecule has 26 heavy (non-hydrogen) atoms. The molecule has 0 aliphatic carbocycles. The molecule has 0 aromatic heterocycles. The maximum Gasteiger partial charge on any atom is 0.119 e. The van der Waals surface area contributed by atoms with Crippen molar-refractivity contribution >= 4 is 12.4 Å². The second-order valence-corrected chi connectivity index (χ2v) is 6.42. The van der Waals surface area contributed by atoms with Crippen LogP contribution in [0.1, 0.15) is 22.3 Å². The van der Waals surface area contributed by atoms with Crippen LogP contribution in [0.2, 0.25) is 0 Å². The van der Waals surface area contributed by atoms with E-state index < -0.39 is 0 Å². The first kappa shape index (κ1) is 20.0. The Labute approximate surface area is 162 Å². The van der Waals surface area contributed by atoms with Crippen molar-refractivity contribution in [1.82, 2.24) is 5.32 Å². The minimum absolute atomic E-state index is 0. The zero-order valence-corrected chi connectivity index (χ0v) is 16.4. The number of aryl methyl sites for hydroxylation is 2. The number of ether oxygens (including phenoxy) is 1. The van der Waals surface area contributed by atoms with Crippen LogP contribution in [-0.2, 0) is 13.2 Å². The highest BCUT2D eigenvalue weighted by Crippen LogP contribution is 2.27. The molecule has 1 N–H and O–H groups in total. The molecule has 0 aliphatic heterocycles. The first-order chi connectivity index (χ1) is 12.2. The summed E-state index contributed by atoms with van der Waals surface area (Å²) in [7, 11) is 1.99. The van der Waals surface area contributed by atoms with Gasteiger partial charge in [-0.3, -0.25) is 0 Å². The maximum absolute atomic E-state index is 5.87. The van der Waals surface area contributed by atoms with E-state index in [2.05, 4.69) is 55.6 Å². The average Bonchev–Trinajstić information content (AvgIpc) is 2.64. The summed E-state index contributed by atoms with van der Waals surface area (Å²) >= 11 is 0. The summed E-state index contributed by atoms with van der Waals surface area (Å²) in [6.07, 6.45) is 0. The number of hydrogen-bond acceptors (Lipinski definition) is 2. The summed E-state index contributed by atoms with van der Waals surface area (Å²) in [5, 5.41) is 3.24. The van der Waals surface area contributed by atoms with Crippen molar-refractivity contribution in [3.63, 3.8) is 0 Å². The molecule has 0 radical (unpaired) electrons. The molecule has 0 fully saturated rings. The summed E-state index contributed by atoms with van der Waals surface area (Å²) in [6.45, 7) is 5.86. The molecule has 3 rings (SSSR count). The Morgan fingerprint density at radius 3 is 2.00 bits per heavy atom. The highest BCUT2D eigenvalue weighted by atomic mass is 35.5. The van der Waals surface area contributed by atoms with Crippen molar-refractivity contribution in [2.45, 2.75) is 27.0 Å². The van der Waals surface area contributed by atoms with Gasteiger partial charge in [-0.1, -0.05) is 54.6 Å². The van der Waals surface area contributed by atoms with Crippen LogP contribution in [0.15, 0.2) is 66.7 Å². The van der Waals surface area contributed by atoms with Crippen molar-refractivity contribution in [3.05, 3.63) is 89.0 Å². The first-order valence-corrected chi connectivity index (χ1v) is 8.69. The van der Waals surface area contributed by atoms with Crippen molar-refractivity contribution < 1.29 is 4.74 Å². The number of halogens is 1. The predicted octanol–water partition coefficient (Wildman–Crippen LogP) is 5.69. The van der Waals surface area contributed by atoms with Crippen LogP contribution < -0.4 is 10.1 Å². The molecule has 0 bridgehead atoms. The Morgan fingerprint density at radius 1 is 0.808 bits per heavy atom. The van der Waals surface area contributed by atoms with E-state index >= 15 is 0 Å². The van der Waals surface area contributed by atoms with Gasteiger partial charge in [-0.25, -0.2) is 0 Å². The van der Waals surface area contributed by atoms with E-state index in [1.165, 1.54) is 33.4 Å². The Balaban J connectivity index is 0.00000243. The molecule has 2 nitrogen and oxygen atoms in total. The SMILES string of the molecule is CNCc1c(C)cc(-c2ccc(OCc3ccccc3)cc2)cc1C.Cl. The molecule has 0 aliphatic rings. The maximum atomic E-state index is 5.87. The van der Waals surface area contributed by atoms with Gasteiger partial charge >= 0.3 is 0 Å². The third-order valence-corrected chi connectivity index (χ3v) is 4.49. The zero-order valence-electron chi connectivity index (χ0n) is 15.6. The van der Waals surface area contributed by atoms with Crippen molar-refractivity contribution in [2.24, 2.45) is 0 Å². The van der Waals surface area contributed by atoms with Gasteiger partial charge in [-0.15, -0.1) is 12.4 Å². The molecule has 0 unspecified atom stereocenters. The number of rotatable bonds is 6. The molecule has 0 amide bonds. The molecular formula is C23H26ClNO. The Kier molecular flexibility index (Phi) is 7.26. The number of benzene rings is 3. The Morgan fingerprint density at radius 2 is 1.42 bits per heavy atom. The third kappa shape index (κ3) is 4.87. The summed E-state index contributed by atoms with van der Waals surface area (Å²) in [4.78, 5) is 0. The molecule has 3 heteroatoms. The standard InChI is InChI=1S/C23H25NO.ClH/c1-17-13-21(14-18(2)23(17)15-24-3)20-9-11-22(12-10-20)25-16-19-7-5-4-6-8-19;/h4-14,24H,15-16H2,1-3H3;1H. The molecular weight excluding hydrogens is 342 g/mol. The Bertz CT molecular complexity index is 806. The van der Waals surface area contributed by atoms with Crippen molar-refractivity contribution in [3.8, 4) is 16.9 Å². The van der Waals surface area contributed by atoms with E-state index in [9.17, 15) is 0 Å². The monoisotopic (exact) mass is 367 g/mol. The van der Waals surface area contributed by atoms with Crippen LogP contribution >= 0.6 is 12.4 Å². The van der Waals surface area contributed by atoms with E-state index in [4.69, 9.17) is 4.74 Å². The van der Waals surface area contributed by atoms with Gasteiger partial charge in [0.2, 0.25) is 0 Å². The minimum Gasteiger partial charge on any atom is -0.489 e. The molecule has 3 aromatic carbocycles. The average molecular weight is 368 g/mol. The summed E-state index contributed by atoms with van der Waals surface area (Å²) in [5.41, 5.74) is 7.69. The van der Waals surface area contributed by atoms with E-state index in [0.29, 0.717) is 6.61 Å². The second kappa shape index (κ2) is 9.42. The van der Waals surface area contributed by atoms with Crippen LogP contribution in [0.25, 0.3) is 11.1 Å². The fourth-order valence-corrected chi connectivity index (χ4v) is 3.10. The lowest BCUT2D eigenvalue weighted by Crippen LogP contribution is -2.08. The smallest absolute Gasteiger partial charge is 0.119 e. The first-order valence-electron chi connectivity index (χ1n) is 8.69. The van der Waals surface area contributed by atoms with Gasteiger partial charge in [0.25, 0.3) is 0 Å². The lowest BCUT2D eigenvalue weighted by Gasteiger charge is -2.13. The van der Waals surface area contributed by atoms with Gasteiger partial charge < -0.3 is 10.1 Å². The van der Waals surface area contributed by atoms with Gasteiger partial charge in [-0.2, -0.15) is 0 Å². The van der Waals surface area contributed by atoms with Crippen molar-refractivity contribution in [2.75, 3.05) is 7.05 Å². The highest BCUT2D eigenvalue weighted by Gasteiger charge is 2.06. The fourth-order valence-electron chi connectivity index (χ4n) is 3.10. The molecule has 3 aromatic rings. The van der Waals surface area contributed by atoms with E-state index in [0.717, 1.165) is 12.3 Å². The van der Waals surface area contributed by atoms with Gasteiger partial charge in [0.15, 0.2) is 0 Å². The topological polar surface area (TPSA) is 21.3 Å². The van der Waals surface area contributed by atoms with E-state index in [1.54, 1.807) is 0 Å². The second-order valence-electron chi connectivity index (χ2n) is 6.42. The Hall–Kier alpha value is -2.29. The van der Waals surface area contributed by atoms with Gasteiger partial charge in [-0.05, 0) is 66.4 Å². The lowest BCUT2D eigenvalue weighted by atomic mass is 9.95. The molecule has 136 valence electrons. The van der Waals surface area contributed by atoms with E-state index in [-0.39, 0.29) is 12.4 Å². The van der Waals surface area contributed by atoms with Crippen LogP contribution in [0.5, 0.6) is 5.75 Å². The van der Waals surface area contributed by atoms with Crippen LogP contribution in [0.4, 0.5) is 0 Å². The van der Waals surface area contributed by atoms with Crippen LogP contribution in [0.3, 0.4) is 0 Å². The third-order valence-electron chi connectivity index (χ3n) is 4.49. The predicted molar refractivity (Wildman–Crippen MR) is 112 cm³/mol. The quantitative estimate of drug-likeness (QED) is 0.604. The highest BCUT2D eigenvalue weighted by molar-refractivity contribution is 5.85. The largest absolute Gasteiger partial charge is 0.489 e. The minimum atomic E-state index is 0. The van der Waals surface area contributed by atoms with Crippen LogP contribution in [0, 0.1) is 13.8 Å². The normalized spacial score (nSPS) is 10.3. The molecule has 0 heterocycles. The van der Waals surface area contributed by atoms with E-state index in [1.807, 2.05) is 37.4 Å². The van der Waals surface area contributed by atoms with Crippen molar-refractivity contribution in [1.29, 1.82) is 0 Å². The van der Waals surface area contributed by atoms with Gasteiger partial charge in [0.05, 0.1) is 0 Å². The van der Waals surface area contributed by atoms with Gasteiger partial charge in [0.1, 0.15) is 12.4 Å². The summed E-state index contributed by atoms with van der Waals surface area (Å²) in [5.74, 6) is 0.896. The molecule has 0 spiro atoms. The molecule has 0 saturated carbocycles. The fraction of sp³-hybridized carbons (Fsp3) is 0.217. The van der Waals surface area contributed by atoms with Crippen LogP contribution in [-0.4, -0.2) is 7.05 Å². The van der Waals surface area contributed by atoms with Gasteiger partial charge in [0, 0.05) is 6.54 Å². The molecule has 0 saturated heterocycles. The number of hydrogen-bond donors (Lipinski definition) is 1. The summed E-state index contributed by atoms with van der Waals surface area (Å²) in [6, 6.07) is 23.1. The zero-order chi connectivity index (χ0) is 17.6. The number of nitrogens with one attached hydrogen (secondary N) is 1. The lowest BCUT2D eigenvalue weighted by molar-refractivity contribution is 0.306. The summed E-state index contributed by atoms with van der Waals surface area (Å²) < 4.78 is 5.87.